The van der Waals surface area contributed by atoms with Gasteiger partial charge in [0.15, 0.2) is 6.29 Å². The molecule has 1 saturated carbocycles. The van der Waals surface area contributed by atoms with E-state index in [0.29, 0.717) is 37.0 Å². The molecule has 2 rings (SSSR count). The van der Waals surface area contributed by atoms with E-state index in [0.717, 1.165) is 57.9 Å². The molecule has 0 unspecified atom stereocenters. The summed E-state index contributed by atoms with van der Waals surface area (Å²) in [6.45, 7) is 3.51. The van der Waals surface area contributed by atoms with Crippen LogP contribution in [-0.2, 0) is 4.79 Å². The van der Waals surface area contributed by atoms with E-state index in [1.54, 1.807) is 6.07 Å². The van der Waals surface area contributed by atoms with Crippen LogP contribution in [0.25, 0.3) is 0 Å². The second-order valence-corrected chi connectivity index (χ2v) is 8.34. The maximum absolute atomic E-state index is 12.8. The number of nitro benzene ring substituents is 1. The van der Waals surface area contributed by atoms with Gasteiger partial charge in [0.25, 0.3) is 5.69 Å². The predicted molar refractivity (Wildman–Crippen MR) is 121 cm³/mol. The molecule has 1 aliphatic carbocycles. The van der Waals surface area contributed by atoms with Gasteiger partial charge in [0.05, 0.1) is 23.2 Å². The summed E-state index contributed by atoms with van der Waals surface area (Å²) in [5.41, 5.74) is -0.195. The van der Waals surface area contributed by atoms with Crippen LogP contribution in [-0.4, -0.2) is 41.2 Å². The van der Waals surface area contributed by atoms with Crippen molar-refractivity contribution in [2.75, 3.05) is 13.2 Å². The normalized spacial score (nSPS) is 14.2. The van der Waals surface area contributed by atoms with Gasteiger partial charge in [0.1, 0.15) is 5.75 Å². The minimum Gasteiger partial charge on any atom is -0.493 e. The predicted octanol–water partition coefficient (Wildman–Crippen LogP) is 5.70. The molecule has 1 aromatic rings. The maximum atomic E-state index is 12.8. The molecular weight excluding hydrogens is 396 g/mol. The molecule has 0 saturated heterocycles. The van der Waals surface area contributed by atoms with Gasteiger partial charge in [-0.05, 0) is 44.2 Å². The Bertz CT molecular complexity index is 716. The maximum Gasteiger partial charge on any atom is 0.283 e. The van der Waals surface area contributed by atoms with Crippen molar-refractivity contribution in [2.45, 2.75) is 90.0 Å². The number of rotatable bonds is 14. The van der Waals surface area contributed by atoms with Crippen LogP contribution in [0.2, 0.25) is 0 Å². The molecule has 1 fully saturated rings. The molecule has 7 nitrogen and oxygen atoms in total. The number of amides is 1. The summed E-state index contributed by atoms with van der Waals surface area (Å²) >= 11 is 0. The van der Waals surface area contributed by atoms with E-state index in [4.69, 9.17) is 4.74 Å². The first-order valence-electron chi connectivity index (χ1n) is 11.7. The van der Waals surface area contributed by atoms with Crippen LogP contribution in [0, 0.1) is 10.1 Å². The molecule has 31 heavy (non-hydrogen) atoms. The Morgan fingerprint density at radius 3 is 2.58 bits per heavy atom. The van der Waals surface area contributed by atoms with Crippen molar-refractivity contribution >= 4 is 17.9 Å². The molecule has 0 atom stereocenters. The van der Waals surface area contributed by atoms with Crippen molar-refractivity contribution in [2.24, 2.45) is 0 Å². The smallest absolute Gasteiger partial charge is 0.283 e. The quantitative estimate of drug-likeness (QED) is 0.163. The van der Waals surface area contributed by atoms with E-state index in [2.05, 4.69) is 11.8 Å². The third-order valence-electron chi connectivity index (χ3n) is 5.97. The number of carbonyl (C=O) groups is 2. The average molecular weight is 433 g/mol. The standard InChI is InChI=1S/C24H36N2O5/c1-2-3-16-25(21-11-7-6-8-12-21)24(28)13-9-4-5-10-17-31-22-15-14-20(19-27)23(18-22)26(29)30/h14-15,18-19,21H,2-13,16-17H2,1H3. The topological polar surface area (TPSA) is 89.8 Å². The zero-order valence-electron chi connectivity index (χ0n) is 18.7. The Labute approximate surface area is 185 Å². The van der Waals surface area contributed by atoms with Crippen LogP contribution in [0.5, 0.6) is 5.75 Å². The number of carbonyl (C=O) groups excluding carboxylic acids is 2. The van der Waals surface area contributed by atoms with E-state index >= 15 is 0 Å². The lowest BCUT2D eigenvalue weighted by molar-refractivity contribution is -0.385. The highest BCUT2D eigenvalue weighted by atomic mass is 16.6. The lowest BCUT2D eigenvalue weighted by atomic mass is 9.93. The average Bonchev–Trinajstić information content (AvgIpc) is 2.79. The van der Waals surface area contributed by atoms with Crippen molar-refractivity contribution in [1.29, 1.82) is 0 Å². The van der Waals surface area contributed by atoms with Gasteiger partial charge in [0, 0.05) is 19.0 Å². The number of ether oxygens (including phenoxy) is 1. The second kappa shape index (κ2) is 13.8. The number of hydrogen-bond donors (Lipinski definition) is 0. The van der Waals surface area contributed by atoms with Crippen molar-refractivity contribution in [3.05, 3.63) is 33.9 Å². The zero-order valence-corrected chi connectivity index (χ0v) is 18.7. The van der Waals surface area contributed by atoms with Crippen LogP contribution in [0.15, 0.2) is 18.2 Å². The van der Waals surface area contributed by atoms with Gasteiger partial charge in [-0.15, -0.1) is 0 Å². The van der Waals surface area contributed by atoms with E-state index in [9.17, 15) is 19.7 Å². The molecule has 0 aromatic heterocycles. The summed E-state index contributed by atoms with van der Waals surface area (Å²) in [5, 5.41) is 11.0. The van der Waals surface area contributed by atoms with Crippen LogP contribution < -0.4 is 4.74 Å². The molecule has 0 heterocycles. The van der Waals surface area contributed by atoms with Crippen LogP contribution in [0.4, 0.5) is 5.69 Å². The first-order valence-corrected chi connectivity index (χ1v) is 11.7. The third-order valence-corrected chi connectivity index (χ3v) is 5.97. The van der Waals surface area contributed by atoms with Crippen molar-refractivity contribution in [3.8, 4) is 5.75 Å². The summed E-state index contributed by atoms with van der Waals surface area (Å²) in [4.78, 5) is 36.2. The highest BCUT2D eigenvalue weighted by Crippen LogP contribution is 2.25. The number of hydrogen-bond acceptors (Lipinski definition) is 5. The minimum absolute atomic E-state index is 0.0447. The highest BCUT2D eigenvalue weighted by Gasteiger charge is 2.24. The SMILES string of the molecule is CCCCN(C(=O)CCCCCCOc1ccc(C=O)c([N+](=O)[O-])c1)C1CCCCC1. The van der Waals surface area contributed by atoms with Crippen molar-refractivity contribution in [3.63, 3.8) is 0 Å². The molecule has 172 valence electrons. The summed E-state index contributed by atoms with van der Waals surface area (Å²) in [5.74, 6) is 0.700. The monoisotopic (exact) mass is 432 g/mol. The van der Waals surface area contributed by atoms with Gasteiger partial charge >= 0.3 is 0 Å². The zero-order chi connectivity index (χ0) is 22.5. The molecule has 1 aliphatic rings. The van der Waals surface area contributed by atoms with Crippen LogP contribution >= 0.6 is 0 Å². The number of nitro groups is 1. The number of unbranched alkanes of at least 4 members (excludes halogenated alkanes) is 4. The molecule has 0 spiro atoms. The fraction of sp³-hybridized carbons (Fsp3) is 0.667. The molecule has 1 amide bonds. The molecular formula is C24H36N2O5. The van der Waals surface area contributed by atoms with Gasteiger partial charge in [-0.1, -0.05) is 45.4 Å². The summed E-state index contributed by atoms with van der Waals surface area (Å²) in [7, 11) is 0. The van der Waals surface area contributed by atoms with Gasteiger partial charge in [-0.3, -0.25) is 19.7 Å². The highest BCUT2D eigenvalue weighted by molar-refractivity contribution is 5.81. The number of benzene rings is 1. The molecule has 7 heteroatoms. The van der Waals surface area contributed by atoms with E-state index in [-0.39, 0.29) is 11.3 Å². The van der Waals surface area contributed by atoms with Crippen molar-refractivity contribution < 1.29 is 19.2 Å². The van der Waals surface area contributed by atoms with Crippen LogP contribution in [0.3, 0.4) is 0 Å². The minimum atomic E-state index is -0.579. The van der Waals surface area contributed by atoms with Gasteiger partial charge in [0.2, 0.25) is 5.91 Å². The van der Waals surface area contributed by atoms with Gasteiger partial charge in [-0.2, -0.15) is 0 Å². The van der Waals surface area contributed by atoms with E-state index < -0.39 is 4.92 Å². The molecule has 0 aliphatic heterocycles. The fourth-order valence-electron chi connectivity index (χ4n) is 4.17. The van der Waals surface area contributed by atoms with Gasteiger partial charge in [-0.25, -0.2) is 0 Å². The Morgan fingerprint density at radius 1 is 1.16 bits per heavy atom. The van der Waals surface area contributed by atoms with Gasteiger partial charge < -0.3 is 9.64 Å². The first kappa shape index (κ1) is 24.8. The summed E-state index contributed by atoms with van der Waals surface area (Å²) in [6.07, 6.45) is 13.0. The van der Waals surface area contributed by atoms with Crippen LogP contribution in [0.1, 0.15) is 94.3 Å². The lowest BCUT2D eigenvalue weighted by Crippen LogP contribution is -2.42. The first-order chi connectivity index (χ1) is 15.1. The molecule has 0 bridgehead atoms. The largest absolute Gasteiger partial charge is 0.493 e. The van der Waals surface area contributed by atoms with E-state index in [1.807, 2.05) is 0 Å². The summed E-state index contributed by atoms with van der Waals surface area (Å²) in [6, 6.07) is 4.71. The summed E-state index contributed by atoms with van der Waals surface area (Å²) < 4.78 is 5.59. The Morgan fingerprint density at radius 2 is 1.90 bits per heavy atom. The van der Waals surface area contributed by atoms with E-state index in [1.165, 1.54) is 31.4 Å². The molecule has 1 aromatic carbocycles. The third kappa shape index (κ3) is 8.31. The lowest BCUT2D eigenvalue weighted by Gasteiger charge is -2.34. The second-order valence-electron chi connectivity index (χ2n) is 8.34. The number of nitrogens with zero attached hydrogens (tertiary/aromatic N) is 2. The Balaban J connectivity index is 1.66. The molecule has 0 N–H and O–H groups in total. The number of aldehydes is 1. The fourth-order valence-corrected chi connectivity index (χ4v) is 4.17. The van der Waals surface area contributed by atoms with Crippen molar-refractivity contribution in [1.82, 2.24) is 4.90 Å². The molecule has 0 radical (unpaired) electrons. The Kier molecular flexibility index (Phi) is 11.0. The Hall–Kier alpha value is -2.44.